The van der Waals surface area contributed by atoms with E-state index in [9.17, 15) is 0 Å². The van der Waals surface area contributed by atoms with Gasteiger partial charge >= 0.3 is 0 Å². The van der Waals surface area contributed by atoms with Crippen LogP contribution >= 0.6 is 0 Å². The molecule has 0 atom stereocenters. The van der Waals surface area contributed by atoms with Crippen molar-refractivity contribution in [2.24, 2.45) is 0 Å². The van der Waals surface area contributed by atoms with Gasteiger partial charge in [0.05, 0.1) is 36.0 Å². The van der Waals surface area contributed by atoms with Gasteiger partial charge in [-0.25, -0.2) is 9.97 Å². The number of aromatic nitrogens is 2. The van der Waals surface area contributed by atoms with E-state index in [1.54, 1.807) is 20.5 Å². The van der Waals surface area contributed by atoms with E-state index in [0.29, 0.717) is 18.0 Å². The maximum atomic E-state index is 7.60. The summed E-state index contributed by atoms with van der Waals surface area (Å²) in [5.74, 6) is 1.42. The highest BCUT2D eigenvalue weighted by Crippen LogP contribution is 2.39. The number of ether oxygens (including phenoxy) is 2. The van der Waals surface area contributed by atoms with Gasteiger partial charge in [-0.05, 0) is 25.0 Å². The predicted octanol–water partition coefficient (Wildman–Crippen LogP) is 4.28. The summed E-state index contributed by atoms with van der Waals surface area (Å²) in [5, 5.41) is 17.6. The number of hydrogen-bond acceptors (Lipinski definition) is 10. The van der Waals surface area contributed by atoms with Crippen LogP contribution in [-0.2, 0) is 4.74 Å². The van der Waals surface area contributed by atoms with E-state index in [1.165, 1.54) is 6.21 Å². The van der Waals surface area contributed by atoms with Crippen LogP contribution in [0.5, 0.6) is 5.75 Å². The lowest BCUT2D eigenvalue weighted by molar-refractivity contribution is -0.0546. The highest BCUT2D eigenvalue weighted by Gasteiger charge is 2.34. The summed E-state index contributed by atoms with van der Waals surface area (Å²) in [7, 11) is 7.30. The smallest absolute Gasteiger partial charge is 0.144 e. The van der Waals surface area contributed by atoms with Crippen molar-refractivity contribution in [1.29, 1.82) is 5.41 Å². The first-order valence-corrected chi connectivity index (χ1v) is 13.4. The van der Waals surface area contributed by atoms with Gasteiger partial charge in [0.25, 0.3) is 0 Å². The summed E-state index contributed by atoms with van der Waals surface area (Å²) >= 11 is 0. The molecule has 10 nitrogen and oxygen atoms in total. The van der Waals surface area contributed by atoms with E-state index in [1.807, 2.05) is 38.4 Å². The molecule has 2 aliphatic heterocycles. The SMILES string of the molecule is CNc1cc(-c2cc(Nc3cc(NC)c(N4CCC(N5CC(OC)C5)CC4)cc3OC)ncn2)ccc1C=N. The molecule has 2 fully saturated rings. The number of rotatable bonds is 10. The minimum atomic E-state index is 0.396. The Bertz CT molecular complexity index is 1300. The number of benzene rings is 2. The molecule has 0 spiro atoms. The predicted molar refractivity (Wildman–Crippen MR) is 158 cm³/mol. The highest BCUT2D eigenvalue weighted by atomic mass is 16.5. The second-order valence-corrected chi connectivity index (χ2v) is 9.96. The lowest BCUT2D eigenvalue weighted by Crippen LogP contribution is -2.58. The van der Waals surface area contributed by atoms with Gasteiger partial charge < -0.3 is 35.7 Å². The van der Waals surface area contributed by atoms with Crippen LogP contribution < -0.4 is 25.6 Å². The third kappa shape index (κ3) is 5.62. The molecule has 206 valence electrons. The lowest BCUT2D eigenvalue weighted by atomic mass is 9.98. The quantitative estimate of drug-likeness (QED) is 0.286. The Morgan fingerprint density at radius 2 is 1.72 bits per heavy atom. The van der Waals surface area contributed by atoms with Crippen LogP contribution in [-0.4, -0.2) is 87.7 Å². The minimum absolute atomic E-state index is 0.396. The Labute approximate surface area is 230 Å². The van der Waals surface area contributed by atoms with Gasteiger partial charge in [-0.15, -0.1) is 0 Å². The number of methoxy groups -OCH3 is 2. The summed E-state index contributed by atoms with van der Waals surface area (Å²) in [5.41, 5.74) is 6.43. The number of likely N-dealkylation sites (tertiary alicyclic amines) is 1. The first-order valence-electron chi connectivity index (χ1n) is 13.4. The van der Waals surface area contributed by atoms with Crippen molar-refractivity contribution in [3.05, 3.63) is 48.3 Å². The Kier molecular flexibility index (Phi) is 8.13. The number of nitrogens with one attached hydrogen (secondary N) is 4. The van der Waals surface area contributed by atoms with Crippen LogP contribution in [0.2, 0.25) is 0 Å². The van der Waals surface area contributed by atoms with Crippen LogP contribution in [0.3, 0.4) is 0 Å². The topological polar surface area (TPSA) is 111 Å². The molecule has 2 saturated heterocycles. The highest BCUT2D eigenvalue weighted by molar-refractivity contribution is 5.88. The average Bonchev–Trinajstić information content (AvgIpc) is 2.96. The second-order valence-electron chi connectivity index (χ2n) is 9.96. The summed E-state index contributed by atoms with van der Waals surface area (Å²) in [6.07, 6.45) is 5.57. The standard InChI is InChI=1S/C29H38N8O2/c1-31-23-11-19(5-6-20(23)15-30)24-13-29(34-18-33-24)35-26-12-25(32-2)27(14-28(26)39-4)36-9-7-21(8-10-36)37-16-22(17-37)38-3/h5-6,11-15,18,21-22,30-32H,7-10,16-17H2,1-4H3,(H,33,34,35). The van der Waals surface area contributed by atoms with Gasteiger partial charge in [0, 0.05) is 88.6 Å². The van der Waals surface area contributed by atoms with Crippen LogP contribution in [0.15, 0.2) is 42.7 Å². The molecule has 0 aliphatic carbocycles. The molecular weight excluding hydrogens is 492 g/mol. The molecule has 2 aromatic carbocycles. The Morgan fingerprint density at radius 3 is 2.38 bits per heavy atom. The summed E-state index contributed by atoms with van der Waals surface area (Å²) in [6, 6.07) is 12.6. The molecule has 3 heterocycles. The van der Waals surface area contributed by atoms with Gasteiger partial charge in [-0.2, -0.15) is 0 Å². The van der Waals surface area contributed by atoms with E-state index < -0.39 is 0 Å². The van der Waals surface area contributed by atoms with Crippen molar-refractivity contribution in [2.75, 3.05) is 75.3 Å². The maximum absolute atomic E-state index is 7.60. The second kappa shape index (κ2) is 11.9. The van der Waals surface area contributed by atoms with E-state index in [4.69, 9.17) is 14.9 Å². The molecule has 5 rings (SSSR count). The molecule has 39 heavy (non-hydrogen) atoms. The van der Waals surface area contributed by atoms with Crippen molar-refractivity contribution in [3.63, 3.8) is 0 Å². The van der Waals surface area contributed by atoms with Gasteiger partial charge in [0.15, 0.2) is 0 Å². The van der Waals surface area contributed by atoms with Crippen LogP contribution in [0.4, 0.5) is 28.6 Å². The number of anilines is 5. The zero-order chi connectivity index (χ0) is 27.4. The number of piperidine rings is 1. The normalized spacial score (nSPS) is 16.5. The Morgan fingerprint density at radius 1 is 0.949 bits per heavy atom. The van der Waals surface area contributed by atoms with Crippen LogP contribution in [0, 0.1) is 5.41 Å². The molecule has 0 saturated carbocycles. The Hall–Kier alpha value is -3.89. The first-order chi connectivity index (χ1) is 19.1. The number of hydrogen-bond donors (Lipinski definition) is 4. The van der Waals surface area contributed by atoms with Crippen molar-refractivity contribution >= 4 is 34.8 Å². The fourth-order valence-electron chi connectivity index (χ4n) is 5.47. The van der Waals surface area contributed by atoms with Crippen molar-refractivity contribution in [2.45, 2.75) is 25.0 Å². The molecule has 4 N–H and O–H groups in total. The Balaban J connectivity index is 1.33. The average molecular weight is 531 g/mol. The molecule has 0 radical (unpaired) electrons. The van der Waals surface area contributed by atoms with Crippen molar-refractivity contribution < 1.29 is 9.47 Å². The lowest BCUT2D eigenvalue weighted by Gasteiger charge is -2.47. The molecule has 3 aromatic rings. The molecule has 10 heteroatoms. The zero-order valence-corrected chi connectivity index (χ0v) is 23.1. The summed E-state index contributed by atoms with van der Waals surface area (Å²) in [6.45, 7) is 4.11. The van der Waals surface area contributed by atoms with E-state index in [-0.39, 0.29) is 0 Å². The maximum Gasteiger partial charge on any atom is 0.144 e. The largest absolute Gasteiger partial charge is 0.494 e. The third-order valence-electron chi connectivity index (χ3n) is 7.82. The first kappa shape index (κ1) is 26.7. The molecule has 0 bridgehead atoms. The van der Waals surface area contributed by atoms with Crippen LogP contribution in [0.1, 0.15) is 18.4 Å². The van der Waals surface area contributed by atoms with E-state index >= 15 is 0 Å². The molecule has 0 amide bonds. The summed E-state index contributed by atoms with van der Waals surface area (Å²) in [4.78, 5) is 13.9. The minimum Gasteiger partial charge on any atom is -0.494 e. The van der Waals surface area contributed by atoms with E-state index in [2.05, 4.69) is 47.9 Å². The summed E-state index contributed by atoms with van der Waals surface area (Å²) < 4.78 is 11.3. The fraction of sp³-hybridized carbons (Fsp3) is 0.414. The molecule has 2 aliphatic rings. The van der Waals surface area contributed by atoms with Gasteiger partial charge in [0.2, 0.25) is 0 Å². The third-order valence-corrected chi connectivity index (χ3v) is 7.82. The van der Waals surface area contributed by atoms with Crippen molar-refractivity contribution in [1.82, 2.24) is 14.9 Å². The zero-order valence-electron chi connectivity index (χ0n) is 23.1. The molecule has 0 unspecified atom stereocenters. The number of nitrogens with zero attached hydrogens (tertiary/aromatic N) is 4. The van der Waals surface area contributed by atoms with E-state index in [0.717, 1.165) is 84.3 Å². The van der Waals surface area contributed by atoms with Crippen LogP contribution in [0.25, 0.3) is 11.3 Å². The van der Waals surface area contributed by atoms with Gasteiger partial charge in [-0.1, -0.05) is 12.1 Å². The van der Waals surface area contributed by atoms with Gasteiger partial charge in [-0.3, -0.25) is 4.90 Å². The molecule has 1 aromatic heterocycles. The van der Waals surface area contributed by atoms with Gasteiger partial charge in [0.1, 0.15) is 17.9 Å². The van der Waals surface area contributed by atoms with Crippen molar-refractivity contribution in [3.8, 4) is 17.0 Å². The monoisotopic (exact) mass is 530 g/mol. The fourth-order valence-corrected chi connectivity index (χ4v) is 5.47. The molecular formula is C29H38N8O2.